The molecular formula is C15H15N2O2-. The van der Waals surface area contributed by atoms with Gasteiger partial charge in [-0.15, -0.1) is 0 Å². The summed E-state index contributed by atoms with van der Waals surface area (Å²) in [7, 11) is 2.03. The number of benzene rings is 1. The molecule has 1 aromatic rings. The molecule has 0 aromatic heterocycles. The molecule has 0 spiro atoms. The summed E-state index contributed by atoms with van der Waals surface area (Å²) < 4.78 is 0. The van der Waals surface area contributed by atoms with Crippen LogP contribution in [0.25, 0.3) is 6.08 Å². The van der Waals surface area contributed by atoms with Gasteiger partial charge in [-0.1, -0.05) is 12.1 Å². The van der Waals surface area contributed by atoms with Gasteiger partial charge >= 0.3 is 0 Å². The Morgan fingerprint density at radius 2 is 2.11 bits per heavy atom. The predicted octanol–water partition coefficient (Wildman–Crippen LogP) is 1.01. The van der Waals surface area contributed by atoms with Crippen LogP contribution in [-0.2, 0) is 6.42 Å². The van der Waals surface area contributed by atoms with Crippen LogP contribution in [0.3, 0.4) is 0 Å². The van der Waals surface area contributed by atoms with Crippen molar-refractivity contribution in [3.05, 3.63) is 53.0 Å². The zero-order valence-electron chi connectivity index (χ0n) is 10.8. The lowest BCUT2D eigenvalue weighted by Crippen LogP contribution is -2.24. The van der Waals surface area contributed by atoms with E-state index in [-0.39, 0.29) is 5.56 Å². The van der Waals surface area contributed by atoms with Crippen LogP contribution in [-0.4, -0.2) is 29.5 Å². The van der Waals surface area contributed by atoms with Crippen molar-refractivity contribution in [3.63, 3.8) is 0 Å². The first-order valence-corrected chi connectivity index (χ1v) is 6.33. The molecule has 0 radical (unpaired) electrons. The minimum Gasteiger partial charge on any atom is -0.545 e. The predicted molar refractivity (Wildman–Crippen MR) is 70.7 cm³/mol. The smallest absolute Gasteiger partial charge is 0.0935 e. The summed E-state index contributed by atoms with van der Waals surface area (Å²) in [6.07, 6.45) is 8.10. The van der Waals surface area contributed by atoms with Crippen molar-refractivity contribution in [2.45, 2.75) is 12.8 Å². The Labute approximate surface area is 112 Å². The number of carboxylic acids is 1. The van der Waals surface area contributed by atoms with E-state index < -0.39 is 5.97 Å². The Morgan fingerprint density at radius 3 is 2.79 bits per heavy atom. The first-order valence-electron chi connectivity index (χ1n) is 6.33. The molecule has 98 valence electrons. The maximum atomic E-state index is 10.9. The lowest BCUT2D eigenvalue weighted by atomic mass is 9.93. The Balaban J connectivity index is 1.93. The second-order valence-corrected chi connectivity index (χ2v) is 5.00. The Kier molecular flexibility index (Phi) is 2.78. The van der Waals surface area contributed by atoms with Gasteiger partial charge in [0.05, 0.1) is 12.6 Å². The maximum Gasteiger partial charge on any atom is 0.0935 e. The lowest BCUT2D eigenvalue weighted by molar-refractivity contribution is -0.255. The largest absolute Gasteiger partial charge is 0.545 e. The number of hydrogen-bond donors (Lipinski definition) is 0. The third kappa shape index (κ3) is 2.21. The Hall–Kier alpha value is -2.23. The zero-order valence-corrected chi connectivity index (χ0v) is 10.8. The lowest BCUT2D eigenvalue weighted by Gasteiger charge is -2.25. The molecule has 0 unspecified atom stereocenters. The maximum absolute atomic E-state index is 10.9. The zero-order chi connectivity index (χ0) is 13.4. The van der Waals surface area contributed by atoms with Crippen LogP contribution in [0.1, 0.15) is 27.9 Å². The van der Waals surface area contributed by atoms with Crippen LogP contribution >= 0.6 is 0 Å². The van der Waals surface area contributed by atoms with Gasteiger partial charge < -0.3 is 19.7 Å². The van der Waals surface area contributed by atoms with Crippen LogP contribution in [0.5, 0.6) is 0 Å². The summed E-state index contributed by atoms with van der Waals surface area (Å²) in [5.74, 6) is -1.12. The number of fused-ring (bicyclic) bond motifs is 1. The van der Waals surface area contributed by atoms with Crippen molar-refractivity contribution in [2.75, 3.05) is 13.7 Å². The topological polar surface area (TPSA) is 46.6 Å². The molecule has 19 heavy (non-hydrogen) atoms. The highest BCUT2D eigenvalue weighted by molar-refractivity contribution is 5.87. The number of allylic oxidation sites excluding steroid dienone is 1. The highest BCUT2D eigenvalue weighted by Gasteiger charge is 2.17. The number of aromatic carboxylic acids is 1. The average molecular weight is 255 g/mol. The number of carbonyl (C=O) groups is 1. The molecule has 4 heteroatoms. The van der Waals surface area contributed by atoms with Gasteiger partial charge in [-0.25, -0.2) is 0 Å². The van der Waals surface area contributed by atoms with E-state index in [0.29, 0.717) is 0 Å². The standard InChI is InChI=1S/C15H16N2O2/c1-16-6-7-17(10-16)14-5-4-11-2-3-12(15(18)19)8-13(11)9-14/h2-3,6-9H,4-5,10H2,1H3,(H,18,19)/p-1. The number of hydrogen-bond acceptors (Lipinski definition) is 4. The molecule has 0 fully saturated rings. The van der Waals surface area contributed by atoms with Gasteiger partial charge in [0.25, 0.3) is 0 Å². The van der Waals surface area contributed by atoms with E-state index in [9.17, 15) is 9.90 Å². The minimum atomic E-state index is -1.12. The summed E-state index contributed by atoms with van der Waals surface area (Å²) in [6, 6.07) is 5.21. The van der Waals surface area contributed by atoms with Gasteiger partial charge in [0.15, 0.2) is 0 Å². The molecule has 0 bridgehead atoms. The molecule has 1 aromatic carbocycles. The van der Waals surface area contributed by atoms with Crippen LogP contribution < -0.4 is 5.11 Å². The number of aryl methyl sites for hydroxylation is 1. The third-order valence-electron chi connectivity index (χ3n) is 3.60. The Bertz CT molecular complexity index is 590. The molecule has 0 amide bonds. The first-order chi connectivity index (χ1) is 9.13. The van der Waals surface area contributed by atoms with Crippen LogP contribution in [0.4, 0.5) is 0 Å². The average Bonchev–Trinajstić information content (AvgIpc) is 2.84. The molecule has 1 heterocycles. The van der Waals surface area contributed by atoms with Crippen LogP contribution in [0.2, 0.25) is 0 Å². The van der Waals surface area contributed by atoms with E-state index in [4.69, 9.17) is 0 Å². The fourth-order valence-corrected chi connectivity index (χ4v) is 2.54. The third-order valence-corrected chi connectivity index (χ3v) is 3.60. The normalized spacial score (nSPS) is 17.4. The summed E-state index contributed by atoms with van der Waals surface area (Å²) in [5, 5.41) is 10.9. The highest BCUT2D eigenvalue weighted by atomic mass is 16.4. The quantitative estimate of drug-likeness (QED) is 0.791. The number of rotatable bonds is 2. The van der Waals surface area contributed by atoms with E-state index in [2.05, 4.69) is 22.1 Å². The number of nitrogens with zero attached hydrogens (tertiary/aromatic N) is 2. The van der Waals surface area contributed by atoms with E-state index in [1.165, 1.54) is 11.3 Å². The van der Waals surface area contributed by atoms with Gasteiger partial charge in [-0.05, 0) is 41.7 Å². The number of carbonyl (C=O) groups excluding carboxylic acids is 1. The molecule has 1 aliphatic heterocycles. The van der Waals surface area contributed by atoms with Gasteiger partial charge in [-0.3, -0.25) is 0 Å². The van der Waals surface area contributed by atoms with Crippen molar-refractivity contribution in [3.8, 4) is 0 Å². The van der Waals surface area contributed by atoms with E-state index >= 15 is 0 Å². The molecular weight excluding hydrogens is 240 g/mol. The summed E-state index contributed by atoms with van der Waals surface area (Å²) in [4.78, 5) is 15.2. The monoisotopic (exact) mass is 255 g/mol. The highest BCUT2D eigenvalue weighted by Crippen LogP contribution is 2.28. The number of carboxylic acid groups (broad SMARTS) is 1. The van der Waals surface area contributed by atoms with Gasteiger partial charge in [0.2, 0.25) is 0 Å². The molecule has 0 atom stereocenters. The molecule has 3 rings (SSSR count). The molecule has 0 N–H and O–H groups in total. The Morgan fingerprint density at radius 1 is 1.26 bits per heavy atom. The van der Waals surface area contributed by atoms with E-state index in [0.717, 1.165) is 25.1 Å². The fraction of sp³-hybridized carbons (Fsp3) is 0.267. The van der Waals surface area contributed by atoms with Gasteiger partial charge in [0, 0.05) is 25.1 Å². The van der Waals surface area contributed by atoms with Crippen molar-refractivity contribution in [1.82, 2.24) is 9.80 Å². The van der Waals surface area contributed by atoms with Crippen molar-refractivity contribution in [1.29, 1.82) is 0 Å². The molecule has 1 aliphatic carbocycles. The van der Waals surface area contributed by atoms with Crippen LogP contribution in [0.15, 0.2) is 36.3 Å². The molecule has 0 saturated carbocycles. The summed E-state index contributed by atoms with van der Waals surface area (Å²) >= 11 is 0. The first kappa shape index (κ1) is 11.8. The minimum absolute atomic E-state index is 0.241. The summed E-state index contributed by atoms with van der Waals surface area (Å²) in [5.41, 5.74) is 3.66. The van der Waals surface area contributed by atoms with Gasteiger partial charge in [-0.2, -0.15) is 0 Å². The second kappa shape index (κ2) is 4.46. The van der Waals surface area contributed by atoms with Crippen molar-refractivity contribution in [2.24, 2.45) is 0 Å². The molecule has 0 saturated heterocycles. The fourth-order valence-electron chi connectivity index (χ4n) is 2.54. The van der Waals surface area contributed by atoms with E-state index in [1.54, 1.807) is 12.1 Å². The summed E-state index contributed by atoms with van der Waals surface area (Å²) in [6.45, 7) is 0.849. The van der Waals surface area contributed by atoms with Crippen molar-refractivity contribution >= 4 is 12.0 Å². The molecule has 4 nitrogen and oxygen atoms in total. The SMILES string of the molecule is CN1C=CN(C2=Cc3cc(C(=O)[O-])ccc3CC2)C1. The molecule has 2 aliphatic rings. The van der Waals surface area contributed by atoms with Crippen molar-refractivity contribution < 1.29 is 9.90 Å². The van der Waals surface area contributed by atoms with E-state index in [1.807, 2.05) is 19.3 Å². The van der Waals surface area contributed by atoms with Gasteiger partial charge in [0.1, 0.15) is 0 Å². The second-order valence-electron chi connectivity index (χ2n) is 5.00. The van der Waals surface area contributed by atoms with Crippen LogP contribution in [0, 0.1) is 0 Å².